The molecule has 0 aliphatic heterocycles. The van der Waals surface area contributed by atoms with Crippen LogP contribution in [0.1, 0.15) is 59.6 Å². The Bertz CT molecular complexity index is 1080. The van der Waals surface area contributed by atoms with E-state index in [0.29, 0.717) is 23.1 Å². The van der Waals surface area contributed by atoms with E-state index in [2.05, 4.69) is 12.0 Å². The van der Waals surface area contributed by atoms with Crippen LogP contribution in [0.15, 0.2) is 41.5 Å². The molecule has 0 aromatic heterocycles. The molecule has 0 fully saturated rings. The first-order valence-corrected chi connectivity index (χ1v) is 9.80. The van der Waals surface area contributed by atoms with Gasteiger partial charge in [0.25, 0.3) is 0 Å². The molecule has 1 atom stereocenters. The molecular weight excluding hydrogens is 374 g/mol. The van der Waals surface area contributed by atoms with Gasteiger partial charge in [-0.05, 0) is 75.1 Å². The highest BCUT2D eigenvalue weighted by Gasteiger charge is 2.31. The molecule has 30 heavy (non-hydrogen) atoms. The molecule has 2 aromatic carbocycles. The maximum absolute atomic E-state index is 13.1. The number of allylic oxidation sites excluding steroid dienone is 1. The second kappa shape index (κ2) is 9.81. The lowest BCUT2D eigenvalue weighted by molar-refractivity contribution is -0.139. The number of phenolic OH excluding ortho intramolecular Hbond substituents is 1. The summed E-state index contributed by atoms with van der Waals surface area (Å²) in [6, 6.07) is 11.0. The molecule has 0 aliphatic carbocycles. The Labute approximate surface area is 178 Å². The van der Waals surface area contributed by atoms with Crippen LogP contribution in [0.5, 0.6) is 5.75 Å². The third-order valence-electron chi connectivity index (χ3n) is 5.29. The number of benzene rings is 2. The normalized spacial score (nSPS) is 11.2. The summed E-state index contributed by atoms with van der Waals surface area (Å²) in [7, 11) is 0. The van der Waals surface area contributed by atoms with E-state index < -0.39 is 11.9 Å². The average Bonchev–Trinajstić information content (AvgIpc) is 2.70. The number of nitrogens with zero attached hydrogens (tertiary/aromatic N) is 1. The number of rotatable bonds is 6. The topological polar surface area (TPSA) is 70.3 Å². The minimum atomic E-state index is -0.541. The maximum Gasteiger partial charge on any atom is 0.334 e. The molecule has 0 saturated carbocycles. The van der Waals surface area contributed by atoms with Gasteiger partial charge in [-0.3, -0.25) is 0 Å². The molecule has 0 amide bonds. The highest BCUT2D eigenvalue weighted by atomic mass is 16.5. The summed E-state index contributed by atoms with van der Waals surface area (Å²) in [5, 5.41) is 20.1. The van der Waals surface area contributed by atoms with Gasteiger partial charge < -0.3 is 9.84 Å². The Morgan fingerprint density at radius 1 is 1.17 bits per heavy atom. The highest BCUT2D eigenvalue weighted by molar-refractivity contribution is 5.92. The Balaban J connectivity index is 2.79. The predicted molar refractivity (Wildman–Crippen MR) is 118 cm³/mol. The van der Waals surface area contributed by atoms with E-state index in [1.807, 2.05) is 46.8 Å². The number of aromatic hydroxyl groups is 1. The Morgan fingerprint density at radius 2 is 1.87 bits per heavy atom. The predicted octanol–water partition coefficient (Wildman–Crippen LogP) is 5.22. The number of hydrogen-bond donors (Lipinski definition) is 1. The maximum atomic E-state index is 13.1. The molecule has 0 radical (unpaired) electrons. The van der Waals surface area contributed by atoms with Gasteiger partial charge in [0.05, 0.1) is 11.6 Å². The fourth-order valence-corrected chi connectivity index (χ4v) is 3.60. The minimum absolute atomic E-state index is 0.113. The number of carbonyl (C=O) groups is 1. The number of nitriles is 1. The molecule has 0 heterocycles. The number of hydrogen-bond acceptors (Lipinski definition) is 4. The molecule has 0 aliphatic rings. The lowest BCUT2D eigenvalue weighted by Gasteiger charge is -2.26. The van der Waals surface area contributed by atoms with E-state index in [-0.39, 0.29) is 12.4 Å². The highest BCUT2D eigenvalue weighted by Crippen LogP contribution is 2.42. The Hall–Kier alpha value is -3.50. The van der Waals surface area contributed by atoms with E-state index in [9.17, 15) is 15.2 Å². The lowest BCUT2D eigenvalue weighted by Crippen LogP contribution is -2.20. The second-order valence-electron chi connectivity index (χ2n) is 7.56. The van der Waals surface area contributed by atoms with Crippen LogP contribution in [-0.4, -0.2) is 17.7 Å². The van der Waals surface area contributed by atoms with Gasteiger partial charge in [-0.2, -0.15) is 5.26 Å². The van der Waals surface area contributed by atoms with Crippen LogP contribution in [0.2, 0.25) is 0 Å². The van der Waals surface area contributed by atoms with Crippen molar-refractivity contribution in [3.05, 3.63) is 74.9 Å². The zero-order valence-corrected chi connectivity index (χ0v) is 18.2. The number of terminal acetylenes is 1. The average molecular weight is 402 g/mol. The lowest BCUT2D eigenvalue weighted by atomic mass is 9.78. The Morgan fingerprint density at radius 3 is 2.43 bits per heavy atom. The van der Waals surface area contributed by atoms with Crippen molar-refractivity contribution in [2.24, 2.45) is 0 Å². The van der Waals surface area contributed by atoms with Gasteiger partial charge >= 0.3 is 5.97 Å². The monoisotopic (exact) mass is 401 g/mol. The molecule has 2 aromatic rings. The molecule has 4 heteroatoms. The van der Waals surface area contributed by atoms with Crippen molar-refractivity contribution in [1.82, 2.24) is 0 Å². The van der Waals surface area contributed by atoms with E-state index in [1.165, 1.54) is 0 Å². The summed E-state index contributed by atoms with van der Waals surface area (Å²) in [5.74, 6) is 1.58. The van der Waals surface area contributed by atoms with Crippen LogP contribution < -0.4 is 0 Å². The smallest absolute Gasteiger partial charge is 0.334 e. The summed E-state index contributed by atoms with van der Waals surface area (Å²) in [6.07, 6.45) is 5.61. The SMILES string of the molecule is C#CCCOC(=O)C(=C(C)C)[C@H](c1ccc(C#N)cc1C)c1c(O)ccc(C)c1C. The van der Waals surface area contributed by atoms with E-state index >= 15 is 0 Å². The molecule has 2 rings (SSSR count). The fourth-order valence-electron chi connectivity index (χ4n) is 3.60. The van der Waals surface area contributed by atoms with Gasteiger partial charge in [0, 0.05) is 23.5 Å². The van der Waals surface area contributed by atoms with Crippen molar-refractivity contribution in [2.45, 2.75) is 47.0 Å². The number of esters is 1. The van der Waals surface area contributed by atoms with Crippen LogP contribution in [-0.2, 0) is 9.53 Å². The number of ether oxygens (including phenoxy) is 1. The summed E-state index contributed by atoms with van der Waals surface area (Å²) < 4.78 is 5.45. The first kappa shape index (κ1) is 22.8. The molecule has 0 saturated heterocycles. The van der Waals surface area contributed by atoms with Crippen LogP contribution >= 0.6 is 0 Å². The summed E-state index contributed by atoms with van der Waals surface area (Å²) in [6.45, 7) is 9.64. The Kier molecular flexibility index (Phi) is 7.45. The van der Waals surface area contributed by atoms with Gasteiger partial charge in [-0.15, -0.1) is 12.3 Å². The second-order valence-corrected chi connectivity index (χ2v) is 7.56. The van der Waals surface area contributed by atoms with Crippen molar-refractivity contribution in [3.63, 3.8) is 0 Å². The van der Waals surface area contributed by atoms with E-state index in [0.717, 1.165) is 27.8 Å². The zero-order chi connectivity index (χ0) is 22.4. The molecule has 4 nitrogen and oxygen atoms in total. The first-order valence-electron chi connectivity index (χ1n) is 9.80. The molecule has 0 bridgehead atoms. The van der Waals surface area contributed by atoms with Gasteiger partial charge in [0.15, 0.2) is 0 Å². The zero-order valence-electron chi connectivity index (χ0n) is 18.2. The van der Waals surface area contributed by atoms with Gasteiger partial charge in [0.1, 0.15) is 12.4 Å². The van der Waals surface area contributed by atoms with Crippen molar-refractivity contribution < 1.29 is 14.6 Å². The third kappa shape index (κ3) is 4.73. The van der Waals surface area contributed by atoms with E-state index in [1.54, 1.807) is 18.2 Å². The van der Waals surface area contributed by atoms with Crippen molar-refractivity contribution >= 4 is 5.97 Å². The molecule has 154 valence electrons. The third-order valence-corrected chi connectivity index (χ3v) is 5.29. The van der Waals surface area contributed by atoms with Crippen LogP contribution in [0.4, 0.5) is 0 Å². The fraction of sp³-hybridized carbons (Fsp3) is 0.308. The van der Waals surface area contributed by atoms with Crippen LogP contribution in [0.3, 0.4) is 0 Å². The number of phenols is 1. The van der Waals surface area contributed by atoms with Crippen LogP contribution in [0.25, 0.3) is 0 Å². The first-order chi connectivity index (χ1) is 14.2. The van der Waals surface area contributed by atoms with Crippen molar-refractivity contribution in [1.29, 1.82) is 5.26 Å². The number of aryl methyl sites for hydroxylation is 2. The van der Waals surface area contributed by atoms with Gasteiger partial charge in [-0.1, -0.05) is 17.7 Å². The summed E-state index contributed by atoms with van der Waals surface area (Å²) in [5.41, 5.74) is 6.05. The minimum Gasteiger partial charge on any atom is -0.508 e. The van der Waals surface area contributed by atoms with Crippen LogP contribution in [0, 0.1) is 44.4 Å². The summed E-state index contributed by atoms with van der Waals surface area (Å²) in [4.78, 5) is 13.1. The quantitative estimate of drug-likeness (QED) is 0.312. The molecule has 0 unspecified atom stereocenters. The van der Waals surface area contributed by atoms with Gasteiger partial charge in [0.2, 0.25) is 0 Å². The molecule has 1 N–H and O–H groups in total. The molecular formula is C26H27NO3. The molecule has 0 spiro atoms. The summed E-state index contributed by atoms with van der Waals surface area (Å²) >= 11 is 0. The van der Waals surface area contributed by atoms with Crippen molar-refractivity contribution in [2.75, 3.05) is 6.61 Å². The largest absolute Gasteiger partial charge is 0.508 e. The number of carbonyl (C=O) groups excluding carboxylic acids is 1. The van der Waals surface area contributed by atoms with Crippen molar-refractivity contribution in [3.8, 4) is 24.2 Å². The van der Waals surface area contributed by atoms with E-state index in [4.69, 9.17) is 11.2 Å². The standard InChI is InChI=1S/C26H27NO3/c1-7-8-13-30-26(29)23(16(2)3)25(21-11-10-20(15-27)14-18(21)5)24-19(6)17(4)9-12-22(24)28/h1,9-12,14,25,28H,8,13H2,2-6H3/t25-/m0/s1. The van der Waals surface area contributed by atoms with Gasteiger partial charge in [-0.25, -0.2) is 4.79 Å².